The Morgan fingerprint density at radius 1 is 1.38 bits per heavy atom. The fourth-order valence-electron chi connectivity index (χ4n) is 1.84. The van der Waals surface area contributed by atoms with Crippen molar-refractivity contribution in [1.82, 2.24) is 0 Å². The van der Waals surface area contributed by atoms with Crippen LogP contribution in [0.1, 0.15) is 23.7 Å². The summed E-state index contributed by atoms with van der Waals surface area (Å²) in [5, 5.41) is 19.2. The topological polar surface area (TPSA) is 66.5 Å². The molecule has 1 aromatic rings. The van der Waals surface area contributed by atoms with Gasteiger partial charge < -0.3 is 15.9 Å². The van der Waals surface area contributed by atoms with E-state index in [4.69, 9.17) is 5.73 Å². The van der Waals surface area contributed by atoms with E-state index >= 15 is 0 Å². The third-order valence-corrected chi connectivity index (χ3v) is 2.64. The average molecular weight is 179 g/mol. The van der Waals surface area contributed by atoms with Crippen molar-refractivity contribution in [2.45, 2.75) is 25.0 Å². The third kappa shape index (κ3) is 1.30. The highest BCUT2D eigenvalue weighted by Gasteiger charge is 2.26. The van der Waals surface area contributed by atoms with Gasteiger partial charge in [-0.15, -0.1) is 0 Å². The number of aliphatic hydroxyl groups is 1. The minimum Gasteiger partial charge on any atom is -0.508 e. The lowest BCUT2D eigenvalue weighted by Crippen LogP contribution is -2.32. The normalized spacial score (nSPS) is 26.9. The Labute approximate surface area is 76.8 Å². The molecular formula is C10H13NO2. The number of phenols is 1. The first-order chi connectivity index (χ1) is 6.20. The van der Waals surface area contributed by atoms with E-state index < -0.39 is 6.10 Å². The Hall–Kier alpha value is -1.06. The summed E-state index contributed by atoms with van der Waals surface area (Å²) < 4.78 is 0. The molecule has 0 radical (unpaired) electrons. The molecule has 0 spiro atoms. The largest absolute Gasteiger partial charge is 0.508 e. The van der Waals surface area contributed by atoms with Gasteiger partial charge in [-0.1, -0.05) is 12.1 Å². The molecule has 0 aromatic heterocycles. The van der Waals surface area contributed by atoms with Gasteiger partial charge in [-0.3, -0.25) is 0 Å². The maximum absolute atomic E-state index is 9.72. The Kier molecular flexibility index (Phi) is 1.98. The number of aliphatic hydroxyl groups excluding tert-OH is 1. The number of hydrogen-bond acceptors (Lipinski definition) is 3. The monoisotopic (exact) mass is 179 g/mol. The van der Waals surface area contributed by atoms with Crippen molar-refractivity contribution in [1.29, 1.82) is 0 Å². The summed E-state index contributed by atoms with van der Waals surface area (Å²) in [6, 6.07) is 4.99. The summed E-state index contributed by atoms with van der Waals surface area (Å²) in [6.07, 6.45) is 0.849. The van der Waals surface area contributed by atoms with Crippen LogP contribution in [-0.4, -0.2) is 16.3 Å². The highest BCUT2D eigenvalue weighted by Crippen LogP contribution is 2.33. The van der Waals surface area contributed by atoms with Crippen LogP contribution in [0.4, 0.5) is 0 Å². The van der Waals surface area contributed by atoms with Gasteiger partial charge >= 0.3 is 0 Å². The second-order valence-electron chi connectivity index (χ2n) is 3.49. The second kappa shape index (κ2) is 3.01. The Balaban J connectivity index is 2.49. The van der Waals surface area contributed by atoms with Gasteiger partial charge in [0.15, 0.2) is 0 Å². The number of aromatic hydroxyl groups is 1. The molecule has 70 valence electrons. The molecule has 1 aliphatic rings. The van der Waals surface area contributed by atoms with Gasteiger partial charge in [0.2, 0.25) is 0 Å². The summed E-state index contributed by atoms with van der Waals surface area (Å²) in [4.78, 5) is 0. The van der Waals surface area contributed by atoms with Gasteiger partial charge in [0.1, 0.15) is 5.75 Å². The van der Waals surface area contributed by atoms with Gasteiger partial charge in [0.05, 0.1) is 6.10 Å². The first kappa shape index (κ1) is 8.53. The predicted molar refractivity (Wildman–Crippen MR) is 49.4 cm³/mol. The summed E-state index contributed by atoms with van der Waals surface area (Å²) in [5.41, 5.74) is 7.33. The zero-order valence-corrected chi connectivity index (χ0v) is 7.27. The molecule has 0 saturated heterocycles. The minimum atomic E-state index is -0.629. The molecule has 4 N–H and O–H groups in total. The molecule has 0 fully saturated rings. The van der Waals surface area contributed by atoms with Crippen LogP contribution in [0, 0.1) is 0 Å². The molecule has 13 heavy (non-hydrogen) atoms. The van der Waals surface area contributed by atoms with Crippen molar-refractivity contribution in [2.75, 3.05) is 0 Å². The lowest BCUT2D eigenvalue weighted by molar-refractivity contribution is 0.133. The van der Waals surface area contributed by atoms with Crippen molar-refractivity contribution in [3.05, 3.63) is 29.3 Å². The molecule has 3 nitrogen and oxygen atoms in total. The van der Waals surface area contributed by atoms with Crippen LogP contribution < -0.4 is 5.73 Å². The van der Waals surface area contributed by atoms with Crippen molar-refractivity contribution in [2.24, 2.45) is 5.73 Å². The number of rotatable bonds is 0. The van der Waals surface area contributed by atoms with E-state index in [2.05, 4.69) is 0 Å². The van der Waals surface area contributed by atoms with E-state index in [1.807, 2.05) is 6.07 Å². The van der Waals surface area contributed by atoms with Crippen LogP contribution in [0.3, 0.4) is 0 Å². The van der Waals surface area contributed by atoms with Gasteiger partial charge in [-0.05, 0) is 30.0 Å². The van der Waals surface area contributed by atoms with Crippen molar-refractivity contribution < 1.29 is 10.2 Å². The molecule has 2 atom stereocenters. The standard InChI is InChI=1S/C10H13NO2/c11-8-5-4-6-7(10(8)13)2-1-3-9(6)12/h1-3,8,10,12-13H,4-5,11H2. The van der Waals surface area contributed by atoms with E-state index in [9.17, 15) is 10.2 Å². The maximum Gasteiger partial charge on any atom is 0.119 e. The summed E-state index contributed by atoms with van der Waals surface area (Å²) in [7, 11) is 0. The van der Waals surface area contributed by atoms with Crippen LogP contribution in [0.25, 0.3) is 0 Å². The first-order valence-electron chi connectivity index (χ1n) is 4.44. The fourth-order valence-corrected chi connectivity index (χ4v) is 1.84. The van der Waals surface area contributed by atoms with E-state index in [0.717, 1.165) is 24.0 Å². The number of fused-ring (bicyclic) bond motifs is 1. The van der Waals surface area contributed by atoms with Crippen LogP contribution in [0.5, 0.6) is 5.75 Å². The number of hydrogen-bond donors (Lipinski definition) is 3. The molecule has 3 heteroatoms. The fraction of sp³-hybridized carbons (Fsp3) is 0.400. The van der Waals surface area contributed by atoms with Crippen LogP contribution >= 0.6 is 0 Å². The van der Waals surface area contributed by atoms with Crippen molar-refractivity contribution in [3.63, 3.8) is 0 Å². The van der Waals surface area contributed by atoms with Gasteiger partial charge in [0, 0.05) is 6.04 Å². The third-order valence-electron chi connectivity index (χ3n) is 2.64. The molecule has 0 saturated carbocycles. The van der Waals surface area contributed by atoms with Gasteiger partial charge in [-0.2, -0.15) is 0 Å². The molecule has 0 aliphatic heterocycles. The van der Waals surface area contributed by atoms with Crippen molar-refractivity contribution in [3.8, 4) is 5.75 Å². The van der Waals surface area contributed by atoms with Crippen LogP contribution in [0.15, 0.2) is 18.2 Å². The van der Waals surface area contributed by atoms with E-state index in [1.54, 1.807) is 12.1 Å². The summed E-state index contributed by atoms with van der Waals surface area (Å²) >= 11 is 0. The molecule has 0 heterocycles. The second-order valence-corrected chi connectivity index (χ2v) is 3.49. The van der Waals surface area contributed by atoms with E-state index in [-0.39, 0.29) is 11.8 Å². The molecule has 0 amide bonds. The minimum absolute atomic E-state index is 0.200. The van der Waals surface area contributed by atoms with Crippen LogP contribution in [0.2, 0.25) is 0 Å². The Bertz CT molecular complexity index is 325. The SMILES string of the molecule is NC1CCc2c(O)cccc2C1O. The number of phenolic OH excluding ortho intramolecular Hbond substituents is 1. The molecule has 2 rings (SSSR count). The first-order valence-corrected chi connectivity index (χ1v) is 4.44. The predicted octanol–water partition coefficient (Wildman–Crippen LogP) is 0.699. The highest BCUT2D eigenvalue weighted by atomic mass is 16.3. The molecule has 0 bridgehead atoms. The zero-order chi connectivity index (χ0) is 9.42. The number of nitrogens with two attached hydrogens (primary N) is 1. The molecule has 1 aliphatic carbocycles. The molecule has 2 unspecified atom stereocenters. The van der Waals surface area contributed by atoms with E-state index in [1.165, 1.54) is 0 Å². The van der Waals surface area contributed by atoms with Gasteiger partial charge in [0.25, 0.3) is 0 Å². The average Bonchev–Trinajstić information content (AvgIpc) is 2.12. The summed E-state index contributed by atoms with van der Waals surface area (Å²) in [6.45, 7) is 0. The van der Waals surface area contributed by atoms with E-state index in [0.29, 0.717) is 0 Å². The Morgan fingerprint density at radius 3 is 2.92 bits per heavy atom. The molecule has 1 aromatic carbocycles. The lowest BCUT2D eigenvalue weighted by atomic mass is 9.86. The highest BCUT2D eigenvalue weighted by molar-refractivity contribution is 5.42. The lowest BCUT2D eigenvalue weighted by Gasteiger charge is -2.27. The zero-order valence-electron chi connectivity index (χ0n) is 7.27. The smallest absolute Gasteiger partial charge is 0.119 e. The maximum atomic E-state index is 9.72. The van der Waals surface area contributed by atoms with Gasteiger partial charge in [-0.25, -0.2) is 0 Å². The number of benzene rings is 1. The van der Waals surface area contributed by atoms with Crippen molar-refractivity contribution >= 4 is 0 Å². The summed E-state index contributed by atoms with van der Waals surface area (Å²) in [5.74, 6) is 0.267. The van der Waals surface area contributed by atoms with Crippen LogP contribution in [-0.2, 0) is 6.42 Å². The molecular weight excluding hydrogens is 166 g/mol. The quantitative estimate of drug-likeness (QED) is 0.549. The Morgan fingerprint density at radius 2 is 2.15 bits per heavy atom.